The minimum atomic E-state index is -0.493. The molecule has 1 atom stereocenters. The largest absolute Gasteiger partial charge is 0.493 e. The number of aliphatic hydroxyl groups is 1. The molecule has 1 aliphatic heterocycles. The molecular formula is C15H24N2O2. The third-order valence-electron chi connectivity index (χ3n) is 3.63. The van der Waals surface area contributed by atoms with Gasteiger partial charge in [0.15, 0.2) is 0 Å². The van der Waals surface area contributed by atoms with E-state index in [1.165, 1.54) is 12.8 Å². The van der Waals surface area contributed by atoms with Crippen LogP contribution in [0.4, 0.5) is 0 Å². The maximum Gasteiger partial charge on any atom is 0.119 e. The van der Waals surface area contributed by atoms with Crippen molar-refractivity contribution in [1.29, 1.82) is 0 Å². The van der Waals surface area contributed by atoms with Crippen molar-refractivity contribution in [2.75, 3.05) is 26.2 Å². The molecule has 19 heavy (non-hydrogen) atoms. The third-order valence-corrected chi connectivity index (χ3v) is 3.63. The quantitative estimate of drug-likeness (QED) is 0.727. The Balaban J connectivity index is 1.87. The van der Waals surface area contributed by atoms with Gasteiger partial charge in [0.2, 0.25) is 0 Å². The molecule has 0 aromatic heterocycles. The number of piperidine rings is 1. The van der Waals surface area contributed by atoms with Crippen LogP contribution in [0.5, 0.6) is 5.75 Å². The predicted octanol–water partition coefficient (Wildman–Crippen LogP) is 1.45. The molecule has 1 aliphatic rings. The molecule has 0 amide bonds. The Labute approximate surface area is 115 Å². The summed E-state index contributed by atoms with van der Waals surface area (Å²) in [5.74, 6) is 1.48. The van der Waals surface area contributed by atoms with E-state index in [-0.39, 0.29) is 0 Å². The SMILES string of the molecule is NCCC(O)c1cccc(OCC2CCNCC2)c1. The van der Waals surface area contributed by atoms with E-state index in [9.17, 15) is 5.11 Å². The first kappa shape index (κ1) is 14.3. The minimum absolute atomic E-state index is 0.487. The van der Waals surface area contributed by atoms with Crippen LogP contribution in [0.2, 0.25) is 0 Å². The molecule has 0 saturated carbocycles. The number of benzene rings is 1. The van der Waals surface area contributed by atoms with Crippen LogP contribution >= 0.6 is 0 Å². The summed E-state index contributed by atoms with van der Waals surface area (Å²) < 4.78 is 5.84. The molecule has 0 spiro atoms. The van der Waals surface area contributed by atoms with Crippen LogP contribution in [0.1, 0.15) is 30.9 Å². The summed E-state index contributed by atoms with van der Waals surface area (Å²) in [6.07, 6.45) is 2.44. The van der Waals surface area contributed by atoms with Crippen LogP contribution in [0.15, 0.2) is 24.3 Å². The van der Waals surface area contributed by atoms with Crippen LogP contribution in [0.25, 0.3) is 0 Å². The van der Waals surface area contributed by atoms with Gasteiger partial charge in [0.1, 0.15) is 5.75 Å². The summed E-state index contributed by atoms with van der Waals surface area (Å²) >= 11 is 0. The Bertz CT molecular complexity index is 378. The monoisotopic (exact) mass is 264 g/mol. The highest BCUT2D eigenvalue weighted by molar-refractivity contribution is 5.29. The molecule has 2 rings (SSSR count). The topological polar surface area (TPSA) is 67.5 Å². The van der Waals surface area contributed by atoms with Crippen LogP contribution in [-0.2, 0) is 0 Å². The lowest BCUT2D eigenvalue weighted by Crippen LogP contribution is -2.30. The first-order valence-electron chi connectivity index (χ1n) is 7.11. The average Bonchev–Trinajstić information content (AvgIpc) is 2.47. The van der Waals surface area contributed by atoms with Gasteiger partial charge in [-0.3, -0.25) is 0 Å². The van der Waals surface area contributed by atoms with E-state index >= 15 is 0 Å². The second kappa shape index (κ2) is 7.48. The van der Waals surface area contributed by atoms with Gasteiger partial charge in [-0.1, -0.05) is 12.1 Å². The molecule has 1 aromatic rings. The first-order chi connectivity index (χ1) is 9.29. The summed E-state index contributed by atoms with van der Waals surface area (Å²) in [7, 11) is 0. The fraction of sp³-hybridized carbons (Fsp3) is 0.600. The molecule has 0 bridgehead atoms. The van der Waals surface area contributed by atoms with Crippen molar-refractivity contribution in [3.05, 3.63) is 29.8 Å². The van der Waals surface area contributed by atoms with E-state index < -0.39 is 6.10 Å². The Hall–Kier alpha value is -1.10. The van der Waals surface area contributed by atoms with Gasteiger partial charge in [-0.15, -0.1) is 0 Å². The summed E-state index contributed by atoms with van der Waals surface area (Å²) in [4.78, 5) is 0. The van der Waals surface area contributed by atoms with E-state index in [0.29, 0.717) is 18.9 Å². The summed E-state index contributed by atoms with van der Waals surface area (Å²) in [5, 5.41) is 13.3. The molecule has 0 radical (unpaired) electrons. The van der Waals surface area contributed by atoms with Gasteiger partial charge in [0.25, 0.3) is 0 Å². The van der Waals surface area contributed by atoms with Gasteiger partial charge in [-0.05, 0) is 62.5 Å². The zero-order chi connectivity index (χ0) is 13.5. The minimum Gasteiger partial charge on any atom is -0.493 e. The van der Waals surface area contributed by atoms with Crippen LogP contribution < -0.4 is 15.8 Å². The Morgan fingerprint density at radius 2 is 2.16 bits per heavy atom. The van der Waals surface area contributed by atoms with Gasteiger partial charge in [0.05, 0.1) is 12.7 Å². The van der Waals surface area contributed by atoms with E-state index in [2.05, 4.69) is 5.32 Å². The van der Waals surface area contributed by atoms with Crippen molar-refractivity contribution in [3.63, 3.8) is 0 Å². The lowest BCUT2D eigenvalue weighted by Gasteiger charge is -2.22. The highest BCUT2D eigenvalue weighted by Gasteiger charge is 2.14. The van der Waals surface area contributed by atoms with E-state index in [4.69, 9.17) is 10.5 Å². The normalized spacial score (nSPS) is 18.2. The standard InChI is InChI=1S/C15H24N2O2/c16-7-4-15(18)13-2-1-3-14(10-13)19-11-12-5-8-17-9-6-12/h1-3,10,12,15,17-18H,4-9,11,16H2. The van der Waals surface area contributed by atoms with Crippen molar-refractivity contribution in [2.24, 2.45) is 11.7 Å². The van der Waals surface area contributed by atoms with Crippen molar-refractivity contribution < 1.29 is 9.84 Å². The van der Waals surface area contributed by atoms with Gasteiger partial charge in [0, 0.05) is 0 Å². The number of rotatable bonds is 6. The molecule has 1 fully saturated rings. The molecule has 1 heterocycles. The molecule has 4 nitrogen and oxygen atoms in total. The lowest BCUT2D eigenvalue weighted by atomic mass is 9.99. The predicted molar refractivity (Wildman–Crippen MR) is 76.2 cm³/mol. The zero-order valence-electron chi connectivity index (χ0n) is 11.3. The number of aliphatic hydroxyl groups excluding tert-OH is 1. The number of nitrogens with one attached hydrogen (secondary N) is 1. The molecule has 1 saturated heterocycles. The first-order valence-corrected chi connectivity index (χ1v) is 7.11. The fourth-order valence-corrected chi connectivity index (χ4v) is 2.40. The van der Waals surface area contributed by atoms with Crippen molar-refractivity contribution >= 4 is 0 Å². The Morgan fingerprint density at radius 3 is 2.89 bits per heavy atom. The number of ether oxygens (including phenoxy) is 1. The maximum atomic E-state index is 9.92. The summed E-state index contributed by atoms with van der Waals surface area (Å²) in [5.41, 5.74) is 6.35. The van der Waals surface area contributed by atoms with Gasteiger partial charge < -0.3 is 20.9 Å². The van der Waals surface area contributed by atoms with Crippen LogP contribution in [-0.4, -0.2) is 31.3 Å². The molecular weight excluding hydrogens is 240 g/mol. The molecule has 1 aromatic carbocycles. The lowest BCUT2D eigenvalue weighted by molar-refractivity contribution is 0.169. The molecule has 1 unspecified atom stereocenters. The second-order valence-corrected chi connectivity index (χ2v) is 5.17. The second-order valence-electron chi connectivity index (χ2n) is 5.17. The highest BCUT2D eigenvalue weighted by Crippen LogP contribution is 2.22. The van der Waals surface area contributed by atoms with E-state index in [1.54, 1.807) is 0 Å². The fourth-order valence-electron chi connectivity index (χ4n) is 2.40. The Morgan fingerprint density at radius 1 is 1.37 bits per heavy atom. The molecule has 4 heteroatoms. The zero-order valence-corrected chi connectivity index (χ0v) is 11.3. The van der Waals surface area contributed by atoms with Crippen molar-refractivity contribution in [2.45, 2.75) is 25.4 Å². The summed E-state index contributed by atoms with van der Waals surface area (Å²) in [6, 6.07) is 7.70. The Kier molecular flexibility index (Phi) is 5.63. The van der Waals surface area contributed by atoms with E-state index in [1.807, 2.05) is 24.3 Å². The molecule has 0 aliphatic carbocycles. The third kappa shape index (κ3) is 4.49. The van der Waals surface area contributed by atoms with Crippen LogP contribution in [0, 0.1) is 5.92 Å². The molecule has 106 valence electrons. The molecule has 4 N–H and O–H groups in total. The summed E-state index contributed by atoms with van der Waals surface area (Å²) in [6.45, 7) is 3.42. The van der Waals surface area contributed by atoms with Crippen molar-refractivity contribution in [1.82, 2.24) is 5.32 Å². The van der Waals surface area contributed by atoms with Gasteiger partial charge in [-0.25, -0.2) is 0 Å². The number of nitrogens with two attached hydrogens (primary N) is 1. The van der Waals surface area contributed by atoms with Crippen molar-refractivity contribution in [3.8, 4) is 5.75 Å². The number of hydrogen-bond donors (Lipinski definition) is 3. The maximum absolute atomic E-state index is 9.92. The number of hydrogen-bond acceptors (Lipinski definition) is 4. The van der Waals surface area contributed by atoms with E-state index in [0.717, 1.165) is 31.0 Å². The average molecular weight is 264 g/mol. The van der Waals surface area contributed by atoms with Gasteiger partial charge >= 0.3 is 0 Å². The smallest absolute Gasteiger partial charge is 0.119 e. The van der Waals surface area contributed by atoms with Gasteiger partial charge in [-0.2, -0.15) is 0 Å². The van der Waals surface area contributed by atoms with Crippen LogP contribution in [0.3, 0.4) is 0 Å². The highest BCUT2D eigenvalue weighted by atomic mass is 16.5.